The number of allylic oxidation sites excluding steroid dienone is 1. The van der Waals surface area contributed by atoms with Gasteiger partial charge in [-0.15, -0.1) is 0 Å². The van der Waals surface area contributed by atoms with Crippen LogP contribution in [0.25, 0.3) is 0 Å². The Balaban J connectivity index is 1.76. The van der Waals surface area contributed by atoms with Crippen LogP contribution in [-0.2, 0) is 30.3 Å². The van der Waals surface area contributed by atoms with Gasteiger partial charge in [-0.2, -0.15) is 0 Å². The van der Waals surface area contributed by atoms with Gasteiger partial charge in [0.1, 0.15) is 24.4 Å². The molecule has 2 saturated heterocycles. The fourth-order valence-electron chi connectivity index (χ4n) is 4.56. The van der Waals surface area contributed by atoms with Gasteiger partial charge in [0.2, 0.25) is 5.91 Å². The first-order valence-electron chi connectivity index (χ1n) is 12.7. The Morgan fingerprint density at radius 2 is 2.05 bits per heavy atom. The second-order valence-electron chi connectivity index (χ2n) is 11.3. The number of pyridine rings is 1. The van der Waals surface area contributed by atoms with Gasteiger partial charge in [0, 0.05) is 32.6 Å². The number of aliphatic hydroxyl groups excluding tert-OH is 2. The van der Waals surface area contributed by atoms with Crippen molar-refractivity contribution in [3.8, 4) is 0 Å². The number of amides is 2. The predicted molar refractivity (Wildman–Crippen MR) is 136 cm³/mol. The number of hydrogen-bond acceptors (Lipinski definition) is 8. The van der Waals surface area contributed by atoms with E-state index in [0.29, 0.717) is 6.42 Å². The molecule has 0 bridgehead atoms. The average Bonchev–Trinajstić information content (AvgIpc) is 2.94. The lowest BCUT2D eigenvalue weighted by Crippen LogP contribution is -2.62. The van der Waals surface area contributed by atoms with Gasteiger partial charge in [-0.1, -0.05) is 39.0 Å². The molecule has 3 rings (SSSR count). The van der Waals surface area contributed by atoms with Crippen LogP contribution in [0.3, 0.4) is 0 Å². The van der Waals surface area contributed by atoms with E-state index in [2.05, 4.69) is 10.3 Å². The van der Waals surface area contributed by atoms with E-state index < -0.39 is 48.3 Å². The van der Waals surface area contributed by atoms with Crippen LogP contribution in [0.4, 0.5) is 0 Å². The largest absolute Gasteiger partial charge is 0.391 e. The molecule has 0 aliphatic carbocycles. The molecule has 0 saturated carbocycles. The highest BCUT2D eigenvalue weighted by molar-refractivity contribution is 5.90. The molecular formula is C27H41N3O7. The molecule has 1 aromatic heterocycles. The van der Waals surface area contributed by atoms with Crippen molar-refractivity contribution >= 4 is 11.8 Å². The third kappa shape index (κ3) is 8.05. The number of β-amino-alcohol motifs (C(OH)–C–C–N with tert-alkyl or cyclic N) is 1. The third-order valence-corrected chi connectivity index (χ3v) is 6.35. The standard InChI is InChI=1S/C27H41N3O7/c1-26(2,3)12-11-20-21(32)22(37-27(4,5)36-20)23(35-6)24(33)29-19-10-9-18(31)16-30(25(19)34)15-17-8-7-13-28-14-17/h7-8,11-14,18-23,31-32H,9-10,15-16H2,1-6H3,(H,29,33)/t18-,19+,20-,21-,22-,23-/m1/s1. The van der Waals surface area contributed by atoms with Gasteiger partial charge in [0.15, 0.2) is 11.9 Å². The summed E-state index contributed by atoms with van der Waals surface area (Å²) in [7, 11) is 1.36. The Labute approximate surface area is 219 Å². The van der Waals surface area contributed by atoms with Crippen molar-refractivity contribution in [1.29, 1.82) is 0 Å². The molecule has 0 aromatic carbocycles. The Bertz CT molecular complexity index is 947. The molecular weight excluding hydrogens is 478 g/mol. The van der Waals surface area contributed by atoms with Gasteiger partial charge >= 0.3 is 0 Å². The number of nitrogens with zero attached hydrogens (tertiary/aromatic N) is 2. The summed E-state index contributed by atoms with van der Waals surface area (Å²) in [6, 6.07) is 2.77. The predicted octanol–water partition coefficient (Wildman–Crippen LogP) is 1.55. The summed E-state index contributed by atoms with van der Waals surface area (Å²) < 4.78 is 17.4. The zero-order chi connectivity index (χ0) is 27.4. The number of rotatable bonds is 7. The fourth-order valence-corrected chi connectivity index (χ4v) is 4.56. The Hall–Kier alpha value is -2.37. The Morgan fingerprint density at radius 3 is 2.68 bits per heavy atom. The first kappa shape index (κ1) is 29.2. The summed E-state index contributed by atoms with van der Waals surface area (Å²) in [5.41, 5.74) is 0.686. The Kier molecular flexibility index (Phi) is 9.47. The van der Waals surface area contributed by atoms with Crippen LogP contribution in [0.2, 0.25) is 0 Å². The molecule has 2 aliphatic heterocycles. The Morgan fingerprint density at radius 1 is 1.32 bits per heavy atom. The van der Waals surface area contributed by atoms with Crippen molar-refractivity contribution in [2.45, 2.75) is 96.4 Å². The second-order valence-corrected chi connectivity index (χ2v) is 11.3. The third-order valence-electron chi connectivity index (χ3n) is 6.35. The van der Waals surface area contributed by atoms with Crippen LogP contribution >= 0.6 is 0 Å². The van der Waals surface area contributed by atoms with Crippen molar-refractivity contribution < 1.29 is 34.0 Å². The van der Waals surface area contributed by atoms with Crippen LogP contribution in [0.1, 0.15) is 53.0 Å². The van der Waals surface area contributed by atoms with Crippen molar-refractivity contribution in [3.63, 3.8) is 0 Å². The molecule has 206 valence electrons. The minimum Gasteiger partial charge on any atom is -0.391 e. The first-order chi connectivity index (χ1) is 17.3. The van der Waals surface area contributed by atoms with E-state index in [0.717, 1.165) is 5.56 Å². The minimum atomic E-state index is -1.20. The summed E-state index contributed by atoms with van der Waals surface area (Å²) in [4.78, 5) is 32.4. The number of ether oxygens (including phenoxy) is 3. The fraction of sp³-hybridized carbons (Fsp3) is 0.667. The minimum absolute atomic E-state index is 0.134. The number of carbonyl (C=O) groups excluding carboxylic acids is 2. The molecule has 2 amide bonds. The van der Waals surface area contributed by atoms with Crippen LogP contribution in [0.15, 0.2) is 36.7 Å². The lowest BCUT2D eigenvalue weighted by molar-refractivity contribution is -0.334. The highest BCUT2D eigenvalue weighted by atomic mass is 16.7. The van der Waals surface area contributed by atoms with Gasteiger partial charge in [-0.05, 0) is 43.7 Å². The topological polar surface area (TPSA) is 130 Å². The highest BCUT2D eigenvalue weighted by Gasteiger charge is 2.48. The molecule has 0 spiro atoms. The van der Waals surface area contributed by atoms with E-state index in [-0.39, 0.29) is 30.8 Å². The molecule has 6 atom stereocenters. The first-order valence-corrected chi connectivity index (χ1v) is 12.7. The summed E-state index contributed by atoms with van der Waals surface area (Å²) in [6.45, 7) is 9.93. The zero-order valence-corrected chi connectivity index (χ0v) is 22.6. The normalized spacial score (nSPS) is 29.7. The van der Waals surface area contributed by atoms with Crippen molar-refractivity contribution in [2.75, 3.05) is 13.7 Å². The van der Waals surface area contributed by atoms with E-state index >= 15 is 0 Å². The maximum Gasteiger partial charge on any atom is 0.252 e. The number of aromatic nitrogens is 1. The quantitative estimate of drug-likeness (QED) is 0.463. The molecule has 3 N–H and O–H groups in total. The van der Waals surface area contributed by atoms with Crippen LogP contribution in [-0.4, -0.2) is 87.9 Å². The number of hydrogen-bond donors (Lipinski definition) is 3. The van der Waals surface area contributed by atoms with E-state index in [4.69, 9.17) is 14.2 Å². The maximum absolute atomic E-state index is 13.4. The highest BCUT2D eigenvalue weighted by Crippen LogP contribution is 2.31. The number of aliphatic hydroxyl groups is 2. The SMILES string of the molecule is CO[C@@H](C(=O)N[C@H]1CC[C@@H](O)CN(Cc2cccnc2)C1=O)[C@@H]1OC(C)(C)O[C@H](C=CC(C)(C)C)[C@H]1O. The lowest BCUT2D eigenvalue weighted by atomic mass is 9.93. The van der Waals surface area contributed by atoms with Gasteiger partial charge in [0.05, 0.1) is 6.10 Å². The molecule has 10 nitrogen and oxygen atoms in total. The lowest BCUT2D eigenvalue weighted by Gasteiger charge is -2.45. The average molecular weight is 520 g/mol. The zero-order valence-electron chi connectivity index (χ0n) is 22.6. The van der Waals surface area contributed by atoms with Gasteiger partial charge in [-0.3, -0.25) is 14.6 Å². The van der Waals surface area contributed by atoms with Crippen LogP contribution < -0.4 is 5.32 Å². The number of methoxy groups -OCH3 is 1. The van der Waals surface area contributed by atoms with Crippen molar-refractivity contribution in [2.24, 2.45) is 5.41 Å². The van der Waals surface area contributed by atoms with Crippen LogP contribution in [0.5, 0.6) is 0 Å². The smallest absolute Gasteiger partial charge is 0.252 e. The van der Waals surface area contributed by atoms with E-state index in [9.17, 15) is 19.8 Å². The molecule has 1 aromatic rings. The summed E-state index contributed by atoms with van der Waals surface area (Å²) >= 11 is 0. The molecule has 10 heteroatoms. The number of carbonyl (C=O) groups is 2. The summed E-state index contributed by atoms with van der Waals surface area (Å²) in [5, 5.41) is 24.2. The number of nitrogens with one attached hydrogen (secondary N) is 1. The van der Waals surface area contributed by atoms with Gasteiger partial charge in [-0.25, -0.2) is 0 Å². The molecule has 2 fully saturated rings. The monoisotopic (exact) mass is 519 g/mol. The molecule has 0 unspecified atom stereocenters. The number of likely N-dealkylation sites (tertiary alicyclic amines) is 1. The van der Waals surface area contributed by atoms with E-state index in [1.54, 1.807) is 38.4 Å². The molecule has 2 aliphatic rings. The molecule has 37 heavy (non-hydrogen) atoms. The van der Waals surface area contributed by atoms with E-state index in [1.165, 1.54) is 12.0 Å². The summed E-state index contributed by atoms with van der Waals surface area (Å²) in [6.07, 6.45) is 2.79. The molecule has 0 radical (unpaired) electrons. The van der Waals surface area contributed by atoms with Crippen molar-refractivity contribution in [3.05, 3.63) is 42.2 Å². The van der Waals surface area contributed by atoms with Crippen LogP contribution in [0, 0.1) is 5.41 Å². The molecule has 3 heterocycles. The van der Waals surface area contributed by atoms with E-state index in [1.807, 2.05) is 32.9 Å². The summed E-state index contributed by atoms with van der Waals surface area (Å²) in [5.74, 6) is -1.97. The van der Waals surface area contributed by atoms with Gasteiger partial charge in [0.25, 0.3) is 5.91 Å². The van der Waals surface area contributed by atoms with Crippen molar-refractivity contribution in [1.82, 2.24) is 15.2 Å². The second kappa shape index (κ2) is 12.0. The van der Waals surface area contributed by atoms with Gasteiger partial charge < -0.3 is 34.6 Å². The maximum atomic E-state index is 13.4.